The molecule has 0 aliphatic rings. The Balaban J connectivity index is 0.00000220. The van der Waals surface area contributed by atoms with Crippen LogP contribution in [0.3, 0.4) is 0 Å². The van der Waals surface area contributed by atoms with E-state index in [9.17, 15) is 4.79 Å². The molecule has 1 aromatic carbocycles. The van der Waals surface area contributed by atoms with Gasteiger partial charge in [-0.25, -0.2) is 0 Å². The van der Waals surface area contributed by atoms with E-state index in [-0.39, 0.29) is 36.8 Å². The maximum absolute atomic E-state index is 11.8. The van der Waals surface area contributed by atoms with Crippen LogP contribution < -0.4 is 11.1 Å². The summed E-state index contributed by atoms with van der Waals surface area (Å²) in [4.78, 5) is 15.7. The zero-order valence-electron chi connectivity index (χ0n) is 12.1. The van der Waals surface area contributed by atoms with Crippen molar-refractivity contribution in [3.63, 3.8) is 0 Å². The van der Waals surface area contributed by atoms with Crippen molar-refractivity contribution in [3.05, 3.63) is 66.0 Å². The number of carbonyl (C=O) groups excluding carboxylic acids is 1. The van der Waals surface area contributed by atoms with Crippen LogP contribution in [0.5, 0.6) is 0 Å². The van der Waals surface area contributed by atoms with Crippen molar-refractivity contribution in [1.29, 1.82) is 0 Å². The van der Waals surface area contributed by atoms with Crippen molar-refractivity contribution in [2.24, 2.45) is 5.73 Å². The molecule has 0 radical (unpaired) electrons. The highest BCUT2D eigenvalue weighted by atomic mass is 35.5. The number of carbonyl (C=O) groups is 1. The van der Waals surface area contributed by atoms with Crippen LogP contribution in [-0.2, 0) is 11.2 Å². The number of nitrogens with one attached hydrogen (secondary N) is 1. The number of nitrogens with zero attached hydrogens (tertiary/aromatic N) is 1. The fourth-order valence-electron chi connectivity index (χ4n) is 1.94. The molecule has 1 atom stereocenters. The van der Waals surface area contributed by atoms with Crippen LogP contribution in [0.1, 0.15) is 23.6 Å². The fraction of sp³-hybridized carbons (Fsp3) is 0.250. The van der Waals surface area contributed by atoms with Gasteiger partial charge < -0.3 is 11.1 Å². The lowest BCUT2D eigenvalue weighted by Crippen LogP contribution is -2.32. The first kappa shape index (κ1) is 20.4. The van der Waals surface area contributed by atoms with E-state index in [1.54, 1.807) is 12.4 Å². The van der Waals surface area contributed by atoms with Crippen molar-refractivity contribution in [1.82, 2.24) is 10.3 Å². The van der Waals surface area contributed by atoms with E-state index in [1.807, 2.05) is 42.5 Å². The highest BCUT2D eigenvalue weighted by molar-refractivity contribution is 5.85. The Hall–Kier alpha value is -1.62. The molecule has 2 rings (SSSR count). The quantitative estimate of drug-likeness (QED) is 0.848. The van der Waals surface area contributed by atoms with E-state index in [4.69, 9.17) is 5.73 Å². The number of aromatic nitrogens is 1. The molecule has 1 unspecified atom stereocenters. The van der Waals surface area contributed by atoms with Gasteiger partial charge in [0.15, 0.2) is 0 Å². The number of aryl methyl sites for hydroxylation is 1. The minimum Gasteiger partial charge on any atom is -0.354 e. The Morgan fingerprint density at radius 2 is 1.73 bits per heavy atom. The number of amides is 1. The Kier molecular flexibility index (Phi) is 10.2. The second-order valence-corrected chi connectivity index (χ2v) is 4.68. The summed E-state index contributed by atoms with van der Waals surface area (Å²) in [6, 6.07) is 13.4. The van der Waals surface area contributed by atoms with Gasteiger partial charge in [-0.1, -0.05) is 30.3 Å². The molecule has 0 aliphatic heterocycles. The number of benzene rings is 1. The van der Waals surface area contributed by atoms with E-state index < -0.39 is 0 Å². The molecule has 0 spiro atoms. The maximum atomic E-state index is 11.8. The largest absolute Gasteiger partial charge is 0.354 e. The van der Waals surface area contributed by atoms with E-state index >= 15 is 0 Å². The van der Waals surface area contributed by atoms with Crippen LogP contribution in [-0.4, -0.2) is 17.4 Å². The van der Waals surface area contributed by atoms with Crippen molar-refractivity contribution >= 4 is 30.7 Å². The van der Waals surface area contributed by atoms with Crippen LogP contribution in [0, 0.1) is 0 Å². The van der Waals surface area contributed by atoms with Crippen molar-refractivity contribution in [2.75, 3.05) is 6.54 Å². The molecule has 6 heteroatoms. The number of hydrogen-bond acceptors (Lipinski definition) is 3. The summed E-state index contributed by atoms with van der Waals surface area (Å²) >= 11 is 0. The molecule has 4 nitrogen and oxygen atoms in total. The van der Waals surface area contributed by atoms with Crippen molar-refractivity contribution < 1.29 is 4.79 Å². The normalized spacial score (nSPS) is 10.8. The summed E-state index contributed by atoms with van der Waals surface area (Å²) in [6.45, 7) is 0.458. The number of hydrogen-bond donors (Lipinski definition) is 2. The summed E-state index contributed by atoms with van der Waals surface area (Å²) < 4.78 is 0. The van der Waals surface area contributed by atoms with Gasteiger partial charge in [0.2, 0.25) is 5.91 Å². The standard InChI is InChI=1S/C16H19N3O.2ClH/c17-15(14-4-2-1-3-5-14)12-19-16(20)7-6-13-8-10-18-11-9-13;;/h1-5,8-11,15H,6-7,12,17H2,(H,19,20);2*1H. The van der Waals surface area contributed by atoms with Gasteiger partial charge in [-0.2, -0.15) is 0 Å². The smallest absolute Gasteiger partial charge is 0.220 e. The molecule has 1 amide bonds. The topological polar surface area (TPSA) is 68.0 Å². The first-order chi connectivity index (χ1) is 9.75. The summed E-state index contributed by atoms with van der Waals surface area (Å²) in [6.07, 6.45) is 4.65. The molecule has 1 heterocycles. The molecule has 0 saturated carbocycles. The van der Waals surface area contributed by atoms with Gasteiger partial charge >= 0.3 is 0 Å². The molecule has 120 valence electrons. The molecule has 0 aliphatic carbocycles. The molecular formula is C16H21Cl2N3O. The molecule has 0 bridgehead atoms. The third-order valence-corrected chi connectivity index (χ3v) is 3.14. The first-order valence-corrected chi connectivity index (χ1v) is 6.72. The number of rotatable bonds is 6. The first-order valence-electron chi connectivity index (χ1n) is 6.72. The average Bonchev–Trinajstić information content (AvgIpc) is 2.52. The van der Waals surface area contributed by atoms with Crippen LogP contribution >= 0.6 is 24.8 Å². The van der Waals surface area contributed by atoms with Crippen molar-refractivity contribution in [2.45, 2.75) is 18.9 Å². The Labute approximate surface area is 143 Å². The summed E-state index contributed by atoms with van der Waals surface area (Å²) in [5.41, 5.74) is 8.17. The van der Waals surface area contributed by atoms with Crippen LogP contribution in [0.2, 0.25) is 0 Å². The lowest BCUT2D eigenvalue weighted by molar-refractivity contribution is -0.121. The van der Waals surface area contributed by atoms with E-state index in [0.717, 1.165) is 17.5 Å². The predicted molar refractivity (Wildman–Crippen MR) is 93.4 cm³/mol. The third kappa shape index (κ3) is 6.89. The van der Waals surface area contributed by atoms with Gasteiger partial charge in [0.1, 0.15) is 0 Å². The molecule has 1 aromatic heterocycles. The van der Waals surface area contributed by atoms with Gasteiger partial charge in [0.25, 0.3) is 0 Å². The van der Waals surface area contributed by atoms with Crippen molar-refractivity contribution in [3.8, 4) is 0 Å². The maximum Gasteiger partial charge on any atom is 0.220 e. The zero-order valence-corrected chi connectivity index (χ0v) is 13.8. The van der Waals surface area contributed by atoms with Crippen LogP contribution in [0.4, 0.5) is 0 Å². The van der Waals surface area contributed by atoms with E-state index in [0.29, 0.717) is 13.0 Å². The monoisotopic (exact) mass is 341 g/mol. The minimum atomic E-state index is -0.166. The predicted octanol–water partition coefficient (Wildman–Crippen LogP) is 2.67. The van der Waals surface area contributed by atoms with E-state index in [1.165, 1.54) is 0 Å². The second kappa shape index (κ2) is 11.0. The average molecular weight is 342 g/mol. The Morgan fingerprint density at radius 3 is 2.36 bits per heavy atom. The van der Waals surface area contributed by atoms with Crippen LogP contribution in [0.25, 0.3) is 0 Å². The summed E-state index contributed by atoms with van der Waals surface area (Å²) in [7, 11) is 0. The summed E-state index contributed by atoms with van der Waals surface area (Å²) in [5.74, 6) is 0.0215. The van der Waals surface area contributed by atoms with Crippen LogP contribution in [0.15, 0.2) is 54.9 Å². The van der Waals surface area contributed by atoms with E-state index in [2.05, 4.69) is 10.3 Å². The Morgan fingerprint density at radius 1 is 1.09 bits per heavy atom. The van der Waals surface area contributed by atoms with Gasteiger partial charge in [-0.05, 0) is 29.7 Å². The molecule has 0 fully saturated rings. The number of halogens is 2. The van der Waals surface area contributed by atoms with Gasteiger partial charge in [0.05, 0.1) is 0 Å². The fourth-order valence-corrected chi connectivity index (χ4v) is 1.94. The third-order valence-electron chi connectivity index (χ3n) is 3.14. The SMILES string of the molecule is Cl.Cl.NC(CNC(=O)CCc1ccncc1)c1ccccc1. The number of nitrogens with two attached hydrogens (primary N) is 1. The summed E-state index contributed by atoms with van der Waals surface area (Å²) in [5, 5.41) is 2.87. The second-order valence-electron chi connectivity index (χ2n) is 4.68. The molecule has 22 heavy (non-hydrogen) atoms. The molecule has 2 aromatic rings. The zero-order chi connectivity index (χ0) is 14.2. The lowest BCUT2D eigenvalue weighted by Gasteiger charge is -2.13. The van der Waals surface area contributed by atoms with Gasteiger partial charge in [0, 0.05) is 31.4 Å². The highest BCUT2D eigenvalue weighted by Gasteiger charge is 2.07. The lowest BCUT2D eigenvalue weighted by atomic mass is 10.1. The minimum absolute atomic E-state index is 0. The molecular weight excluding hydrogens is 321 g/mol. The Bertz CT molecular complexity index is 538. The highest BCUT2D eigenvalue weighted by Crippen LogP contribution is 2.08. The molecule has 3 N–H and O–H groups in total. The molecule has 0 saturated heterocycles. The van der Waals surface area contributed by atoms with Gasteiger partial charge in [-0.15, -0.1) is 24.8 Å². The van der Waals surface area contributed by atoms with Gasteiger partial charge in [-0.3, -0.25) is 9.78 Å². The number of pyridine rings is 1.